The molecule has 0 amide bonds. The fourth-order valence-electron chi connectivity index (χ4n) is 3.58. The molecule has 1 aliphatic carbocycles. The number of tetrazole rings is 1. The Kier molecular flexibility index (Phi) is 4.05. The Balaban J connectivity index is 1.70. The van der Waals surface area contributed by atoms with E-state index in [9.17, 15) is 4.79 Å². The van der Waals surface area contributed by atoms with Crippen molar-refractivity contribution in [1.29, 1.82) is 0 Å². The number of rotatable bonds is 3. The quantitative estimate of drug-likeness (QED) is 0.715. The molecule has 0 saturated heterocycles. The number of pyridine rings is 1. The molecule has 1 fully saturated rings. The Morgan fingerprint density at radius 2 is 1.72 bits per heavy atom. The van der Waals surface area contributed by atoms with E-state index in [0.717, 1.165) is 35.2 Å². The van der Waals surface area contributed by atoms with Crippen LogP contribution in [0.4, 0.5) is 0 Å². The van der Waals surface area contributed by atoms with E-state index in [0.29, 0.717) is 11.7 Å². The molecule has 2 heterocycles. The van der Waals surface area contributed by atoms with Gasteiger partial charge in [0.2, 0.25) is 5.82 Å². The summed E-state index contributed by atoms with van der Waals surface area (Å²) in [5, 5.41) is 14.0. The molecule has 3 N–H and O–H groups in total. The number of H-pyrrole nitrogens is 1. The van der Waals surface area contributed by atoms with Gasteiger partial charge in [0.1, 0.15) is 0 Å². The van der Waals surface area contributed by atoms with Gasteiger partial charge in [0.15, 0.2) is 0 Å². The first-order valence-electron chi connectivity index (χ1n) is 8.59. The number of aromatic nitrogens is 5. The summed E-state index contributed by atoms with van der Waals surface area (Å²) in [4.78, 5) is 12.3. The van der Waals surface area contributed by atoms with Crippen LogP contribution in [0, 0.1) is 0 Å². The molecule has 25 heavy (non-hydrogen) atoms. The Hall–Kier alpha value is -2.96. The van der Waals surface area contributed by atoms with E-state index < -0.39 is 0 Å². The maximum Gasteiger partial charge on any atom is 0.269 e. The van der Waals surface area contributed by atoms with Crippen LogP contribution in [0.3, 0.4) is 0 Å². The molecule has 0 unspecified atom stereocenters. The number of nitrogens with two attached hydrogens (primary N) is 1. The minimum atomic E-state index is -0.166. The number of hydrogen-bond acceptors (Lipinski definition) is 5. The largest absolute Gasteiger partial charge is 0.336 e. The lowest BCUT2D eigenvalue weighted by Crippen LogP contribution is -2.31. The topological polar surface area (TPSA) is 102 Å². The van der Waals surface area contributed by atoms with E-state index in [1.54, 1.807) is 6.07 Å². The van der Waals surface area contributed by atoms with Crippen molar-refractivity contribution < 1.29 is 0 Å². The second kappa shape index (κ2) is 6.51. The van der Waals surface area contributed by atoms with Gasteiger partial charge in [-0.25, -0.2) is 4.68 Å². The molecular weight excluding hydrogens is 316 g/mol. The molecule has 3 aromatic rings. The average Bonchev–Trinajstić information content (AvgIpc) is 3.19. The molecule has 0 spiro atoms. The summed E-state index contributed by atoms with van der Waals surface area (Å²) in [5.74, 6) is 6.94. The highest BCUT2D eigenvalue weighted by atomic mass is 16.1. The zero-order chi connectivity index (χ0) is 17.2. The Labute approximate surface area is 144 Å². The van der Waals surface area contributed by atoms with Gasteiger partial charge in [-0.1, -0.05) is 43.5 Å². The molecule has 4 rings (SSSR count). The van der Waals surface area contributed by atoms with Gasteiger partial charge in [-0.2, -0.15) is 5.21 Å². The monoisotopic (exact) mass is 336 g/mol. The van der Waals surface area contributed by atoms with Gasteiger partial charge in [-0.15, -0.1) is 10.2 Å². The third-order valence-electron chi connectivity index (χ3n) is 4.94. The van der Waals surface area contributed by atoms with E-state index in [1.807, 2.05) is 24.3 Å². The summed E-state index contributed by atoms with van der Waals surface area (Å²) in [5.41, 5.74) is 3.51. The first-order valence-corrected chi connectivity index (χ1v) is 8.59. The predicted molar refractivity (Wildman–Crippen MR) is 95.3 cm³/mol. The van der Waals surface area contributed by atoms with Crippen molar-refractivity contribution in [3.05, 3.63) is 52.4 Å². The van der Waals surface area contributed by atoms with Crippen LogP contribution in [0.15, 0.2) is 41.2 Å². The fraction of sp³-hybridized carbons (Fsp3) is 0.333. The highest BCUT2D eigenvalue weighted by Gasteiger charge is 2.19. The first kappa shape index (κ1) is 15.6. The van der Waals surface area contributed by atoms with Crippen molar-refractivity contribution in [3.8, 4) is 22.5 Å². The van der Waals surface area contributed by atoms with E-state index in [2.05, 4.69) is 26.7 Å². The number of benzene rings is 1. The lowest BCUT2D eigenvalue weighted by Gasteiger charge is -2.24. The second-order valence-electron chi connectivity index (χ2n) is 6.52. The summed E-state index contributed by atoms with van der Waals surface area (Å²) in [6, 6.07) is 11.4. The fourth-order valence-corrected chi connectivity index (χ4v) is 3.58. The molecule has 7 nitrogen and oxygen atoms in total. The Morgan fingerprint density at radius 3 is 2.40 bits per heavy atom. The van der Waals surface area contributed by atoms with Crippen molar-refractivity contribution in [2.75, 3.05) is 5.84 Å². The van der Waals surface area contributed by atoms with Crippen LogP contribution in [-0.2, 0) is 0 Å². The lowest BCUT2D eigenvalue weighted by molar-refractivity contribution is 0.428. The zero-order valence-corrected chi connectivity index (χ0v) is 13.9. The minimum Gasteiger partial charge on any atom is -0.336 e. The number of nitrogens with zero attached hydrogens (tertiary/aromatic N) is 4. The third-order valence-corrected chi connectivity index (χ3v) is 4.94. The number of nitrogens with one attached hydrogen (secondary N) is 1. The summed E-state index contributed by atoms with van der Waals surface area (Å²) in [6.45, 7) is 0. The third kappa shape index (κ3) is 3.05. The molecule has 0 radical (unpaired) electrons. The molecule has 2 aromatic heterocycles. The van der Waals surface area contributed by atoms with Gasteiger partial charge in [-0.05, 0) is 35.2 Å². The summed E-state index contributed by atoms with van der Waals surface area (Å²) in [6.07, 6.45) is 5.85. The Bertz CT molecular complexity index is 908. The molecule has 1 aromatic carbocycles. The number of aromatic amines is 1. The van der Waals surface area contributed by atoms with Crippen LogP contribution in [0.5, 0.6) is 0 Å². The van der Waals surface area contributed by atoms with Gasteiger partial charge in [0.25, 0.3) is 5.56 Å². The van der Waals surface area contributed by atoms with Gasteiger partial charge >= 0.3 is 0 Å². The zero-order valence-electron chi connectivity index (χ0n) is 13.9. The summed E-state index contributed by atoms with van der Waals surface area (Å²) >= 11 is 0. The minimum absolute atomic E-state index is 0.166. The summed E-state index contributed by atoms with van der Waals surface area (Å²) < 4.78 is 1.31. The standard InChI is InChI=1S/C18H20N6O/c19-24-16(13-4-2-1-3-5-13)10-15(11-17(24)25)12-6-8-14(9-7-12)18-20-22-23-21-18/h6-11,13H,1-5,19H2,(H,20,21,22,23). The molecule has 0 atom stereocenters. The van der Waals surface area contributed by atoms with E-state index in [4.69, 9.17) is 5.84 Å². The van der Waals surface area contributed by atoms with E-state index in [-0.39, 0.29) is 5.56 Å². The average molecular weight is 336 g/mol. The maximum absolute atomic E-state index is 12.3. The molecule has 1 saturated carbocycles. The maximum atomic E-state index is 12.3. The molecule has 0 bridgehead atoms. The normalized spacial score (nSPS) is 15.4. The van der Waals surface area contributed by atoms with Crippen LogP contribution in [0.1, 0.15) is 43.7 Å². The lowest BCUT2D eigenvalue weighted by atomic mass is 9.86. The molecule has 1 aliphatic rings. The van der Waals surface area contributed by atoms with Crippen molar-refractivity contribution in [2.45, 2.75) is 38.0 Å². The van der Waals surface area contributed by atoms with Crippen molar-refractivity contribution in [3.63, 3.8) is 0 Å². The van der Waals surface area contributed by atoms with Crippen molar-refractivity contribution in [1.82, 2.24) is 25.3 Å². The molecule has 7 heteroatoms. The summed E-state index contributed by atoms with van der Waals surface area (Å²) in [7, 11) is 0. The van der Waals surface area contributed by atoms with Crippen molar-refractivity contribution in [2.24, 2.45) is 0 Å². The smallest absolute Gasteiger partial charge is 0.269 e. The first-order chi connectivity index (χ1) is 12.2. The van der Waals surface area contributed by atoms with E-state index >= 15 is 0 Å². The van der Waals surface area contributed by atoms with Gasteiger partial charge in [0.05, 0.1) is 0 Å². The predicted octanol–water partition coefficient (Wildman–Crippen LogP) is 2.46. The van der Waals surface area contributed by atoms with E-state index in [1.165, 1.54) is 23.9 Å². The number of nitrogen functional groups attached to an aromatic ring is 1. The van der Waals surface area contributed by atoms with Crippen LogP contribution < -0.4 is 11.4 Å². The van der Waals surface area contributed by atoms with Gasteiger partial charge in [-0.3, -0.25) is 4.79 Å². The van der Waals surface area contributed by atoms with Crippen LogP contribution >= 0.6 is 0 Å². The highest BCUT2D eigenvalue weighted by Crippen LogP contribution is 2.33. The van der Waals surface area contributed by atoms with Crippen LogP contribution in [-0.4, -0.2) is 25.3 Å². The van der Waals surface area contributed by atoms with Crippen LogP contribution in [0.25, 0.3) is 22.5 Å². The number of hydrogen-bond donors (Lipinski definition) is 2. The molecular formula is C18H20N6O. The molecule has 0 aliphatic heterocycles. The second-order valence-corrected chi connectivity index (χ2v) is 6.52. The Morgan fingerprint density at radius 1 is 1.00 bits per heavy atom. The highest BCUT2D eigenvalue weighted by molar-refractivity contribution is 5.67. The molecule has 128 valence electrons. The van der Waals surface area contributed by atoms with Gasteiger partial charge < -0.3 is 5.84 Å². The van der Waals surface area contributed by atoms with Crippen molar-refractivity contribution >= 4 is 0 Å². The van der Waals surface area contributed by atoms with Crippen LogP contribution in [0.2, 0.25) is 0 Å². The SMILES string of the molecule is Nn1c(C2CCCCC2)cc(-c2ccc(-c3nn[nH]n3)cc2)cc1=O. The van der Waals surface area contributed by atoms with Gasteiger partial charge in [0, 0.05) is 23.2 Å².